The minimum Gasteiger partial charge on any atom is -0.493 e. The molecule has 70 valence electrons. The van der Waals surface area contributed by atoms with Gasteiger partial charge in [0.1, 0.15) is 0 Å². The van der Waals surface area contributed by atoms with Crippen LogP contribution in [0.4, 0.5) is 0 Å². The van der Waals surface area contributed by atoms with Crippen molar-refractivity contribution in [1.82, 2.24) is 15.6 Å². The molecule has 0 radical (unpaired) electrons. The van der Waals surface area contributed by atoms with Crippen LogP contribution in [-0.2, 0) is 0 Å². The molecule has 2 heterocycles. The van der Waals surface area contributed by atoms with Gasteiger partial charge in [-0.05, 0) is 0 Å². The topological polar surface area (TPSA) is 71.3 Å². The van der Waals surface area contributed by atoms with Gasteiger partial charge in [0.05, 0.1) is 18.5 Å². The number of aliphatic hydroxyl groups is 2. The molecule has 0 fully saturated rings. The summed E-state index contributed by atoms with van der Waals surface area (Å²) in [6.45, 7) is -0.182. The smallest absolute Gasteiger partial charge is 0.211 e. The van der Waals surface area contributed by atoms with E-state index < -0.39 is 0 Å². The fourth-order valence-corrected chi connectivity index (χ4v) is 1.19. The van der Waals surface area contributed by atoms with Crippen LogP contribution < -0.4 is 5.53 Å². The molecule has 0 unspecified atom stereocenters. The van der Waals surface area contributed by atoms with Crippen LogP contribution in [0.1, 0.15) is 0 Å². The summed E-state index contributed by atoms with van der Waals surface area (Å²) < 4.78 is 0. The second-order valence-corrected chi connectivity index (χ2v) is 2.80. The van der Waals surface area contributed by atoms with Gasteiger partial charge in [-0.1, -0.05) is 0 Å². The standard InChI is InChI=1S/C7H10N4O2/c1-10-3-6-8-5(4-12)2-7(13)11(6)9-10/h2-3,9,12-13H,4H2,1H3. The first-order valence-electron chi connectivity index (χ1n) is 3.81. The van der Waals surface area contributed by atoms with E-state index in [1.807, 2.05) is 0 Å². The van der Waals surface area contributed by atoms with E-state index in [4.69, 9.17) is 5.11 Å². The number of nitrogens with zero attached hydrogens (tertiary/aromatic N) is 3. The van der Waals surface area contributed by atoms with Crippen molar-refractivity contribution >= 4 is 5.71 Å². The van der Waals surface area contributed by atoms with Gasteiger partial charge in [0, 0.05) is 13.1 Å². The molecule has 0 saturated heterocycles. The molecule has 6 nitrogen and oxygen atoms in total. The average molecular weight is 182 g/mol. The van der Waals surface area contributed by atoms with Crippen LogP contribution in [-0.4, -0.2) is 39.6 Å². The third kappa shape index (κ3) is 1.25. The quantitative estimate of drug-likeness (QED) is 0.500. The van der Waals surface area contributed by atoms with Gasteiger partial charge in [-0.15, -0.1) is 5.53 Å². The van der Waals surface area contributed by atoms with Crippen molar-refractivity contribution in [2.45, 2.75) is 0 Å². The number of rotatable bonds is 1. The highest BCUT2D eigenvalue weighted by Gasteiger charge is 2.25. The highest BCUT2D eigenvalue weighted by molar-refractivity contribution is 5.97. The number of nitrogens with one attached hydrogen (secondary N) is 1. The van der Waals surface area contributed by atoms with Crippen molar-refractivity contribution in [2.75, 3.05) is 13.7 Å². The number of hydrazine groups is 2. The third-order valence-electron chi connectivity index (χ3n) is 1.74. The van der Waals surface area contributed by atoms with E-state index in [9.17, 15) is 5.11 Å². The van der Waals surface area contributed by atoms with Crippen molar-refractivity contribution in [1.29, 1.82) is 0 Å². The molecule has 0 aromatic heterocycles. The molecular weight excluding hydrogens is 172 g/mol. The molecule has 0 aromatic carbocycles. The molecule has 0 aromatic rings. The molecule has 2 rings (SSSR count). The molecule has 0 aliphatic carbocycles. The van der Waals surface area contributed by atoms with Crippen molar-refractivity contribution < 1.29 is 10.2 Å². The van der Waals surface area contributed by atoms with Crippen molar-refractivity contribution in [3.63, 3.8) is 0 Å². The molecule has 3 N–H and O–H groups in total. The lowest BCUT2D eigenvalue weighted by atomic mass is 10.3. The Hall–Kier alpha value is -1.53. The zero-order valence-electron chi connectivity index (χ0n) is 7.10. The summed E-state index contributed by atoms with van der Waals surface area (Å²) in [7, 11) is 1.78. The minimum atomic E-state index is -0.182. The number of aliphatic hydroxyl groups excluding tert-OH is 2. The van der Waals surface area contributed by atoms with Gasteiger partial charge < -0.3 is 10.2 Å². The molecule has 0 amide bonds. The number of fused-ring (bicyclic) bond motifs is 1. The summed E-state index contributed by atoms with van der Waals surface area (Å²) in [5.41, 5.74) is 3.26. The van der Waals surface area contributed by atoms with Crippen LogP contribution in [0.15, 0.2) is 29.0 Å². The second kappa shape index (κ2) is 2.75. The molecule has 2 aliphatic heterocycles. The predicted molar refractivity (Wildman–Crippen MR) is 46.1 cm³/mol. The van der Waals surface area contributed by atoms with Gasteiger partial charge >= 0.3 is 0 Å². The van der Waals surface area contributed by atoms with E-state index in [-0.39, 0.29) is 12.5 Å². The van der Waals surface area contributed by atoms with Gasteiger partial charge in [-0.2, -0.15) is 0 Å². The fourth-order valence-electron chi connectivity index (χ4n) is 1.19. The molecule has 0 saturated carbocycles. The summed E-state index contributed by atoms with van der Waals surface area (Å²) in [5.74, 6) is 0.584. The van der Waals surface area contributed by atoms with Gasteiger partial charge in [0.25, 0.3) is 0 Å². The summed E-state index contributed by atoms with van der Waals surface area (Å²) in [4.78, 5) is 4.08. The van der Waals surface area contributed by atoms with Gasteiger partial charge in [0.15, 0.2) is 5.82 Å². The summed E-state index contributed by atoms with van der Waals surface area (Å²) in [6.07, 6.45) is 3.11. The Balaban J connectivity index is 2.33. The van der Waals surface area contributed by atoms with Crippen LogP contribution in [0.2, 0.25) is 0 Å². The van der Waals surface area contributed by atoms with Crippen molar-refractivity contribution in [2.24, 2.45) is 4.99 Å². The van der Waals surface area contributed by atoms with Crippen LogP contribution in [0.5, 0.6) is 0 Å². The average Bonchev–Trinajstić information content (AvgIpc) is 2.46. The van der Waals surface area contributed by atoms with Crippen LogP contribution in [0.3, 0.4) is 0 Å². The first kappa shape index (κ1) is 8.09. The predicted octanol–water partition coefficient (Wildman–Crippen LogP) is -0.701. The lowest BCUT2D eigenvalue weighted by molar-refractivity contribution is 0.121. The molecule has 13 heavy (non-hydrogen) atoms. The van der Waals surface area contributed by atoms with Crippen LogP contribution >= 0.6 is 0 Å². The molecule has 2 aliphatic rings. The van der Waals surface area contributed by atoms with E-state index in [1.165, 1.54) is 11.1 Å². The number of aliphatic imine (C=N–C) groups is 1. The largest absolute Gasteiger partial charge is 0.493 e. The summed E-state index contributed by atoms with van der Waals surface area (Å²) >= 11 is 0. The lowest BCUT2D eigenvalue weighted by Gasteiger charge is -2.22. The van der Waals surface area contributed by atoms with Gasteiger partial charge in [-0.25, -0.2) is 10.0 Å². The van der Waals surface area contributed by atoms with E-state index in [2.05, 4.69) is 10.5 Å². The molecular formula is C7H10N4O2. The lowest BCUT2D eigenvalue weighted by Crippen LogP contribution is -2.39. The maximum atomic E-state index is 9.46. The highest BCUT2D eigenvalue weighted by Crippen LogP contribution is 2.19. The first-order chi connectivity index (χ1) is 6.20. The Morgan fingerprint density at radius 1 is 1.62 bits per heavy atom. The fraction of sp³-hybridized carbons (Fsp3) is 0.286. The van der Waals surface area contributed by atoms with E-state index in [0.717, 1.165) is 0 Å². The zero-order valence-corrected chi connectivity index (χ0v) is 7.10. The SMILES string of the molecule is CN1C=C2N=C(CO)C=C(O)N2N1. The normalized spacial score (nSPS) is 20.9. The first-order valence-corrected chi connectivity index (χ1v) is 3.81. The third-order valence-corrected chi connectivity index (χ3v) is 1.74. The maximum absolute atomic E-state index is 9.46. The Bertz CT molecular complexity index is 320. The molecule has 0 bridgehead atoms. The summed E-state index contributed by atoms with van der Waals surface area (Å²) in [5, 5.41) is 21.4. The highest BCUT2D eigenvalue weighted by atomic mass is 16.3. The van der Waals surface area contributed by atoms with Crippen molar-refractivity contribution in [3.05, 3.63) is 24.0 Å². The van der Waals surface area contributed by atoms with Gasteiger partial charge in [-0.3, -0.25) is 5.01 Å². The number of hydrogen-bond acceptors (Lipinski definition) is 6. The number of hydrogen-bond donors (Lipinski definition) is 3. The minimum absolute atomic E-state index is 0.0228. The Labute approximate surface area is 75.0 Å². The zero-order chi connectivity index (χ0) is 9.42. The Morgan fingerprint density at radius 3 is 3.08 bits per heavy atom. The monoisotopic (exact) mass is 182 g/mol. The Morgan fingerprint density at radius 2 is 2.38 bits per heavy atom. The van der Waals surface area contributed by atoms with Crippen molar-refractivity contribution in [3.8, 4) is 0 Å². The molecule has 0 atom stereocenters. The Kier molecular flexibility index (Phi) is 1.71. The molecule has 6 heteroatoms. The summed E-state index contributed by atoms with van der Waals surface area (Å²) in [6, 6.07) is 0. The van der Waals surface area contributed by atoms with Gasteiger partial charge in [0.2, 0.25) is 5.88 Å². The second-order valence-electron chi connectivity index (χ2n) is 2.80. The van der Waals surface area contributed by atoms with Crippen LogP contribution in [0, 0.1) is 0 Å². The van der Waals surface area contributed by atoms with E-state index in [1.54, 1.807) is 18.3 Å². The van der Waals surface area contributed by atoms with Crippen LogP contribution in [0.25, 0.3) is 0 Å². The molecule has 0 spiro atoms. The maximum Gasteiger partial charge on any atom is 0.211 e. The van der Waals surface area contributed by atoms with E-state index in [0.29, 0.717) is 11.5 Å². The van der Waals surface area contributed by atoms with E-state index >= 15 is 0 Å².